The molecule has 0 aromatic heterocycles. The summed E-state index contributed by atoms with van der Waals surface area (Å²) < 4.78 is 31.9. The Bertz CT molecular complexity index is 1150. The molecule has 1 aliphatic heterocycles. The summed E-state index contributed by atoms with van der Waals surface area (Å²) in [7, 11) is 0. The molecule has 1 aromatic carbocycles. The van der Waals surface area contributed by atoms with Gasteiger partial charge in [-0.25, -0.2) is 0 Å². The van der Waals surface area contributed by atoms with E-state index in [0.717, 1.165) is 34.6 Å². The van der Waals surface area contributed by atoms with E-state index < -0.39 is 78.9 Å². The number of ether oxygens (including phenoxy) is 6. The van der Waals surface area contributed by atoms with Crippen LogP contribution in [0.1, 0.15) is 47.1 Å². The third-order valence-corrected chi connectivity index (χ3v) is 5.52. The first-order valence-electron chi connectivity index (χ1n) is 12.6. The second-order valence-electron chi connectivity index (χ2n) is 8.81. The summed E-state index contributed by atoms with van der Waals surface area (Å²) in [6, 6.07) is 8.48. The molecule has 14 nitrogen and oxygen atoms in total. The van der Waals surface area contributed by atoms with Crippen LogP contribution in [-0.2, 0) is 62.0 Å². The Labute approximate surface area is 236 Å². The molecule has 1 heterocycles. The molecule has 6 atom stereocenters. The van der Waals surface area contributed by atoms with Crippen molar-refractivity contribution in [2.45, 2.75) is 72.1 Å². The summed E-state index contributed by atoms with van der Waals surface area (Å²) in [4.78, 5) is 79.2. The molecule has 0 N–H and O–H groups in total. The van der Waals surface area contributed by atoms with Gasteiger partial charge in [0, 0.05) is 40.2 Å². The van der Waals surface area contributed by atoms with Crippen LogP contribution in [0.2, 0.25) is 0 Å². The standard InChI is InChI=1S/C27H33NO13/c1-7-35-27(34)21-22(19-11-9-8-10-12-19)28-41-24(21)26(40-18(6)33)25(39-17(5)32)23(38-16(4)31)20(37-15(3)30)13-36-14(2)29/h8-12,20-21,23-26H,7,13H2,1-6H3/t20-,21+,23+,24+,25+,26+/m1/s1. The van der Waals surface area contributed by atoms with Crippen molar-refractivity contribution in [2.24, 2.45) is 11.1 Å². The van der Waals surface area contributed by atoms with Crippen LogP contribution in [0, 0.1) is 5.92 Å². The first-order valence-corrected chi connectivity index (χ1v) is 12.6. The highest BCUT2D eigenvalue weighted by Crippen LogP contribution is 2.33. The zero-order chi connectivity index (χ0) is 30.7. The van der Waals surface area contributed by atoms with E-state index in [1.54, 1.807) is 37.3 Å². The second-order valence-corrected chi connectivity index (χ2v) is 8.81. The highest BCUT2D eigenvalue weighted by atomic mass is 16.7. The Kier molecular flexibility index (Phi) is 12.2. The summed E-state index contributed by atoms with van der Waals surface area (Å²) in [5, 5.41) is 4.06. The van der Waals surface area contributed by atoms with E-state index in [-0.39, 0.29) is 12.3 Å². The highest BCUT2D eigenvalue weighted by Gasteiger charge is 2.55. The predicted molar refractivity (Wildman–Crippen MR) is 137 cm³/mol. The van der Waals surface area contributed by atoms with Gasteiger partial charge in [-0.15, -0.1) is 0 Å². The van der Waals surface area contributed by atoms with Crippen molar-refractivity contribution in [2.75, 3.05) is 13.2 Å². The maximum atomic E-state index is 13.2. The second kappa shape index (κ2) is 15.3. The largest absolute Gasteiger partial charge is 0.465 e. The summed E-state index contributed by atoms with van der Waals surface area (Å²) in [6.45, 7) is 6.19. The van der Waals surface area contributed by atoms with Crippen LogP contribution in [0.3, 0.4) is 0 Å². The molecule has 0 unspecified atom stereocenters. The van der Waals surface area contributed by atoms with Gasteiger partial charge in [-0.1, -0.05) is 35.5 Å². The van der Waals surface area contributed by atoms with Crippen LogP contribution in [0.25, 0.3) is 0 Å². The van der Waals surface area contributed by atoms with Gasteiger partial charge in [0.2, 0.25) is 0 Å². The molecule has 0 spiro atoms. The van der Waals surface area contributed by atoms with E-state index >= 15 is 0 Å². The number of benzene rings is 1. The van der Waals surface area contributed by atoms with Gasteiger partial charge in [0.05, 0.1) is 6.61 Å². The van der Waals surface area contributed by atoms with E-state index in [1.807, 2.05) is 0 Å². The molecule has 0 saturated carbocycles. The van der Waals surface area contributed by atoms with Crippen molar-refractivity contribution in [3.05, 3.63) is 35.9 Å². The lowest BCUT2D eigenvalue weighted by molar-refractivity contribution is -0.214. The van der Waals surface area contributed by atoms with E-state index in [9.17, 15) is 28.8 Å². The molecule has 0 radical (unpaired) electrons. The summed E-state index contributed by atoms with van der Waals surface area (Å²) >= 11 is 0. The number of oxime groups is 1. The molecule has 0 bridgehead atoms. The maximum Gasteiger partial charge on any atom is 0.319 e. The summed E-state index contributed by atoms with van der Waals surface area (Å²) in [6.07, 6.45) is -8.17. The first-order chi connectivity index (χ1) is 19.3. The van der Waals surface area contributed by atoms with E-state index in [0.29, 0.717) is 5.56 Å². The molecule has 2 rings (SSSR count). The quantitative estimate of drug-likeness (QED) is 0.241. The molecule has 1 aliphatic rings. The first kappa shape index (κ1) is 32.7. The van der Waals surface area contributed by atoms with Gasteiger partial charge < -0.3 is 33.3 Å². The molecular weight excluding hydrogens is 546 g/mol. The third kappa shape index (κ3) is 9.58. The van der Waals surface area contributed by atoms with E-state index in [2.05, 4.69) is 5.16 Å². The number of hydrogen-bond donors (Lipinski definition) is 0. The Balaban J connectivity index is 2.70. The number of esters is 6. The lowest BCUT2D eigenvalue weighted by atomic mass is 9.86. The zero-order valence-corrected chi connectivity index (χ0v) is 23.5. The number of carbonyl (C=O) groups is 6. The minimum atomic E-state index is -1.76. The van der Waals surface area contributed by atoms with Gasteiger partial charge in [0.25, 0.3) is 0 Å². The van der Waals surface area contributed by atoms with Crippen LogP contribution in [0.15, 0.2) is 35.5 Å². The average Bonchev–Trinajstić information content (AvgIpc) is 3.32. The van der Waals surface area contributed by atoms with Gasteiger partial charge in [-0.3, -0.25) is 28.8 Å². The fourth-order valence-corrected chi connectivity index (χ4v) is 4.14. The minimum Gasteiger partial charge on any atom is -0.465 e. The SMILES string of the molecule is CCOC(=O)[C@H]1C(c2ccccc2)=NO[C@@H]1[C@H](OC(C)=O)[C@@H](OC(C)=O)[C@@H](OC(C)=O)[C@@H](COC(C)=O)OC(C)=O. The molecule has 0 amide bonds. The summed E-state index contributed by atoms with van der Waals surface area (Å²) in [5.41, 5.74) is 0.621. The van der Waals surface area contributed by atoms with Crippen molar-refractivity contribution in [3.63, 3.8) is 0 Å². The van der Waals surface area contributed by atoms with Crippen molar-refractivity contribution in [3.8, 4) is 0 Å². The van der Waals surface area contributed by atoms with Crippen LogP contribution < -0.4 is 0 Å². The molecule has 224 valence electrons. The normalized spacial score (nSPS) is 18.7. The van der Waals surface area contributed by atoms with Crippen LogP contribution in [-0.4, -0.2) is 85.3 Å². The number of hydrogen-bond acceptors (Lipinski definition) is 14. The van der Waals surface area contributed by atoms with Crippen molar-refractivity contribution < 1.29 is 62.0 Å². The number of nitrogens with zero attached hydrogens (tertiary/aromatic N) is 1. The monoisotopic (exact) mass is 579 g/mol. The molecule has 0 saturated heterocycles. The van der Waals surface area contributed by atoms with Crippen molar-refractivity contribution in [1.82, 2.24) is 0 Å². The van der Waals surface area contributed by atoms with Gasteiger partial charge >= 0.3 is 35.8 Å². The number of rotatable bonds is 13. The third-order valence-electron chi connectivity index (χ3n) is 5.52. The predicted octanol–water partition coefficient (Wildman–Crippen LogP) is 1.26. The molecule has 0 fully saturated rings. The number of carbonyl (C=O) groups excluding carboxylic acids is 6. The lowest BCUT2D eigenvalue weighted by Gasteiger charge is -2.37. The fourth-order valence-electron chi connectivity index (χ4n) is 4.14. The lowest BCUT2D eigenvalue weighted by Crippen LogP contribution is -2.58. The van der Waals surface area contributed by atoms with Crippen LogP contribution in [0.4, 0.5) is 0 Å². The molecule has 14 heteroatoms. The molecule has 1 aromatic rings. The smallest absolute Gasteiger partial charge is 0.319 e. The Morgan fingerprint density at radius 3 is 1.83 bits per heavy atom. The molecule has 41 heavy (non-hydrogen) atoms. The van der Waals surface area contributed by atoms with Gasteiger partial charge in [-0.05, 0) is 6.92 Å². The van der Waals surface area contributed by atoms with E-state index in [1.165, 1.54) is 0 Å². The Morgan fingerprint density at radius 2 is 1.32 bits per heavy atom. The average molecular weight is 580 g/mol. The van der Waals surface area contributed by atoms with Crippen molar-refractivity contribution >= 4 is 41.5 Å². The summed E-state index contributed by atoms with van der Waals surface area (Å²) in [5.74, 6) is -6.45. The molecule has 0 aliphatic carbocycles. The van der Waals surface area contributed by atoms with Gasteiger partial charge in [0.15, 0.2) is 30.5 Å². The zero-order valence-electron chi connectivity index (χ0n) is 23.5. The van der Waals surface area contributed by atoms with Crippen LogP contribution >= 0.6 is 0 Å². The van der Waals surface area contributed by atoms with E-state index in [4.69, 9.17) is 33.3 Å². The maximum absolute atomic E-state index is 13.2. The minimum absolute atomic E-state index is 0.0112. The van der Waals surface area contributed by atoms with Gasteiger partial charge in [-0.2, -0.15) is 0 Å². The highest BCUT2D eigenvalue weighted by molar-refractivity contribution is 6.13. The Hall–Kier alpha value is -4.49. The Morgan fingerprint density at radius 1 is 0.756 bits per heavy atom. The molecular formula is C27H33NO13. The topological polar surface area (TPSA) is 179 Å². The van der Waals surface area contributed by atoms with Gasteiger partial charge in [0.1, 0.15) is 18.2 Å². The fraction of sp³-hybridized carbons (Fsp3) is 0.519. The van der Waals surface area contributed by atoms with Crippen LogP contribution in [0.5, 0.6) is 0 Å². The van der Waals surface area contributed by atoms with Crippen molar-refractivity contribution in [1.29, 1.82) is 0 Å².